The van der Waals surface area contributed by atoms with Crippen molar-refractivity contribution in [3.63, 3.8) is 0 Å². The van der Waals surface area contributed by atoms with Gasteiger partial charge in [-0.1, -0.05) is 62.4 Å². The Balaban J connectivity index is 1.68. The molecule has 2 unspecified atom stereocenters. The van der Waals surface area contributed by atoms with E-state index in [9.17, 15) is 4.79 Å². The van der Waals surface area contributed by atoms with E-state index in [1.807, 2.05) is 0 Å². The van der Waals surface area contributed by atoms with E-state index in [2.05, 4.69) is 99.1 Å². The number of hydrogen-bond donors (Lipinski definition) is 0. The normalized spacial score (nSPS) is 15.9. The molecule has 4 rings (SSSR count). The molecular formula is C28H34N2O. The van der Waals surface area contributed by atoms with Crippen LogP contribution in [0.4, 0.5) is 0 Å². The Morgan fingerprint density at radius 3 is 2.42 bits per heavy atom. The van der Waals surface area contributed by atoms with Crippen molar-refractivity contribution in [2.24, 2.45) is 0 Å². The highest BCUT2D eigenvalue weighted by Gasteiger charge is 2.34. The Hall–Kier alpha value is -2.65. The molecule has 1 aliphatic rings. The molecular weight excluding hydrogens is 380 g/mol. The Labute approximate surface area is 186 Å². The maximum atomic E-state index is 13.5. The van der Waals surface area contributed by atoms with E-state index in [1.165, 1.54) is 33.0 Å². The summed E-state index contributed by atoms with van der Waals surface area (Å²) in [6, 6.07) is 19.7. The van der Waals surface area contributed by atoms with Crippen LogP contribution in [-0.4, -0.2) is 35.5 Å². The first-order valence-corrected chi connectivity index (χ1v) is 11.6. The summed E-state index contributed by atoms with van der Waals surface area (Å²) in [4.78, 5) is 18.1. The highest BCUT2D eigenvalue weighted by atomic mass is 16.2. The van der Waals surface area contributed by atoms with Crippen LogP contribution in [0.5, 0.6) is 0 Å². The van der Waals surface area contributed by atoms with Gasteiger partial charge < -0.3 is 4.90 Å². The number of amides is 1. The summed E-state index contributed by atoms with van der Waals surface area (Å²) in [6.45, 7) is 9.45. The average Bonchev–Trinajstić information content (AvgIpc) is 2.78. The van der Waals surface area contributed by atoms with Crippen LogP contribution in [-0.2, 0) is 6.42 Å². The van der Waals surface area contributed by atoms with Crippen LogP contribution in [0, 0.1) is 13.8 Å². The summed E-state index contributed by atoms with van der Waals surface area (Å²) in [6.07, 6.45) is 2.91. The molecule has 162 valence electrons. The summed E-state index contributed by atoms with van der Waals surface area (Å²) < 4.78 is 0. The van der Waals surface area contributed by atoms with Crippen LogP contribution in [0.15, 0.2) is 54.6 Å². The van der Waals surface area contributed by atoms with Gasteiger partial charge in [0.05, 0.1) is 6.17 Å². The van der Waals surface area contributed by atoms with E-state index in [1.54, 1.807) is 0 Å². The minimum atomic E-state index is 0.0752. The summed E-state index contributed by atoms with van der Waals surface area (Å²) in [5.41, 5.74) is 5.89. The molecule has 0 N–H and O–H groups in total. The fourth-order valence-electron chi connectivity index (χ4n) is 5.27. The lowest BCUT2D eigenvalue weighted by atomic mass is 9.92. The van der Waals surface area contributed by atoms with Gasteiger partial charge in [0.2, 0.25) is 0 Å². The van der Waals surface area contributed by atoms with Crippen molar-refractivity contribution in [3.05, 3.63) is 82.4 Å². The number of hydrogen-bond acceptors (Lipinski definition) is 2. The van der Waals surface area contributed by atoms with Gasteiger partial charge >= 0.3 is 0 Å². The maximum Gasteiger partial charge on any atom is 0.255 e. The third-order valence-electron chi connectivity index (χ3n) is 7.09. The standard InChI is InChI=1S/C28H34N2O/c1-6-26(24-14-10-12-21-11-8-9-13-23(21)24)29(5)27(7-2)30-16-15-22-17-19(3)20(4)18-25(22)28(30)31/h8-14,17-18,26-27H,6-7,15-16H2,1-5H3. The van der Waals surface area contributed by atoms with E-state index in [0.717, 1.165) is 31.4 Å². The SMILES string of the molecule is CCC(c1cccc2ccccc12)N(C)C(CC)N1CCc2cc(C)c(C)cc2C1=O. The quantitative estimate of drug-likeness (QED) is 0.474. The zero-order chi connectivity index (χ0) is 22.1. The van der Waals surface area contributed by atoms with Crippen LogP contribution in [0.3, 0.4) is 0 Å². The van der Waals surface area contributed by atoms with Gasteiger partial charge in [-0.05, 0) is 79.3 Å². The number of carbonyl (C=O) groups is 1. The lowest BCUT2D eigenvalue weighted by Gasteiger charge is -2.43. The Bertz CT molecular complexity index is 1100. The van der Waals surface area contributed by atoms with Crippen LogP contribution in [0.1, 0.15) is 65.3 Å². The van der Waals surface area contributed by atoms with Crippen molar-refractivity contribution in [3.8, 4) is 0 Å². The van der Waals surface area contributed by atoms with Crippen LogP contribution < -0.4 is 0 Å². The van der Waals surface area contributed by atoms with Gasteiger partial charge in [-0.15, -0.1) is 0 Å². The summed E-state index contributed by atoms with van der Waals surface area (Å²) in [5.74, 6) is 0.177. The van der Waals surface area contributed by atoms with Gasteiger partial charge in [-0.2, -0.15) is 0 Å². The maximum absolute atomic E-state index is 13.5. The van der Waals surface area contributed by atoms with E-state index in [4.69, 9.17) is 0 Å². The summed E-state index contributed by atoms with van der Waals surface area (Å²) >= 11 is 0. The van der Waals surface area contributed by atoms with Gasteiger partial charge in [-0.3, -0.25) is 9.69 Å². The fourth-order valence-corrected chi connectivity index (χ4v) is 5.27. The number of aryl methyl sites for hydroxylation is 2. The number of nitrogens with zero attached hydrogens (tertiary/aromatic N) is 2. The fraction of sp³-hybridized carbons (Fsp3) is 0.393. The van der Waals surface area contributed by atoms with Gasteiger partial charge in [0.25, 0.3) is 5.91 Å². The molecule has 0 fully saturated rings. The Morgan fingerprint density at radius 1 is 0.968 bits per heavy atom. The molecule has 0 spiro atoms. The van der Waals surface area contributed by atoms with Crippen LogP contribution >= 0.6 is 0 Å². The first kappa shape index (κ1) is 21.6. The van der Waals surface area contributed by atoms with Crippen molar-refractivity contribution in [2.75, 3.05) is 13.6 Å². The van der Waals surface area contributed by atoms with E-state index in [-0.39, 0.29) is 18.1 Å². The molecule has 0 saturated carbocycles. The molecule has 0 saturated heterocycles. The van der Waals surface area contributed by atoms with Crippen LogP contribution in [0.2, 0.25) is 0 Å². The summed E-state index contributed by atoms with van der Waals surface area (Å²) in [7, 11) is 2.19. The number of carbonyl (C=O) groups excluding carboxylic acids is 1. The van der Waals surface area contributed by atoms with Gasteiger partial charge in [0.15, 0.2) is 0 Å². The molecule has 3 aromatic rings. The van der Waals surface area contributed by atoms with Gasteiger partial charge in [0, 0.05) is 18.2 Å². The van der Waals surface area contributed by atoms with Gasteiger partial charge in [-0.25, -0.2) is 0 Å². The molecule has 31 heavy (non-hydrogen) atoms. The van der Waals surface area contributed by atoms with Crippen molar-refractivity contribution in [2.45, 2.75) is 59.2 Å². The second-order valence-electron chi connectivity index (χ2n) is 8.89. The Morgan fingerprint density at radius 2 is 1.68 bits per heavy atom. The molecule has 2 atom stereocenters. The predicted octanol–water partition coefficient (Wildman–Crippen LogP) is 6.27. The number of rotatable bonds is 6. The smallest absolute Gasteiger partial charge is 0.255 e. The zero-order valence-corrected chi connectivity index (χ0v) is 19.5. The Kier molecular flexibility index (Phi) is 6.15. The van der Waals surface area contributed by atoms with Crippen molar-refractivity contribution < 1.29 is 4.79 Å². The molecule has 3 aromatic carbocycles. The van der Waals surface area contributed by atoms with E-state index < -0.39 is 0 Å². The monoisotopic (exact) mass is 414 g/mol. The topological polar surface area (TPSA) is 23.6 Å². The molecule has 1 amide bonds. The molecule has 3 nitrogen and oxygen atoms in total. The third kappa shape index (κ3) is 3.87. The van der Waals surface area contributed by atoms with Crippen molar-refractivity contribution in [1.29, 1.82) is 0 Å². The summed E-state index contributed by atoms with van der Waals surface area (Å²) in [5, 5.41) is 2.58. The second kappa shape index (κ2) is 8.84. The molecule has 0 aliphatic carbocycles. The highest BCUT2D eigenvalue weighted by molar-refractivity contribution is 5.97. The first-order valence-electron chi connectivity index (χ1n) is 11.6. The third-order valence-corrected chi connectivity index (χ3v) is 7.09. The van der Waals surface area contributed by atoms with Gasteiger partial charge in [0.1, 0.15) is 0 Å². The number of fused-ring (bicyclic) bond motifs is 2. The van der Waals surface area contributed by atoms with E-state index in [0.29, 0.717) is 0 Å². The molecule has 0 bridgehead atoms. The van der Waals surface area contributed by atoms with Crippen LogP contribution in [0.25, 0.3) is 10.8 Å². The largest absolute Gasteiger partial charge is 0.323 e. The molecule has 0 aromatic heterocycles. The minimum Gasteiger partial charge on any atom is -0.323 e. The molecule has 1 heterocycles. The predicted molar refractivity (Wildman–Crippen MR) is 129 cm³/mol. The average molecular weight is 415 g/mol. The highest BCUT2D eigenvalue weighted by Crippen LogP contribution is 2.34. The lowest BCUT2D eigenvalue weighted by Crippen LogP contribution is -2.52. The second-order valence-corrected chi connectivity index (χ2v) is 8.89. The lowest BCUT2D eigenvalue weighted by molar-refractivity contribution is 0.0201. The molecule has 0 radical (unpaired) electrons. The number of benzene rings is 3. The molecule has 3 heteroatoms. The van der Waals surface area contributed by atoms with E-state index >= 15 is 0 Å². The molecule has 1 aliphatic heterocycles. The minimum absolute atomic E-state index is 0.0752. The zero-order valence-electron chi connectivity index (χ0n) is 19.5. The van der Waals surface area contributed by atoms with Crippen molar-refractivity contribution >= 4 is 16.7 Å². The first-order chi connectivity index (χ1) is 15.0. The van der Waals surface area contributed by atoms with Crippen molar-refractivity contribution in [1.82, 2.24) is 9.80 Å².